The van der Waals surface area contributed by atoms with E-state index in [1.165, 1.54) is 29.2 Å². The fourth-order valence-corrected chi connectivity index (χ4v) is 8.73. The highest BCUT2D eigenvalue weighted by Crippen LogP contribution is 2.31. The van der Waals surface area contributed by atoms with Gasteiger partial charge in [-0.05, 0) is 98.0 Å². The summed E-state index contributed by atoms with van der Waals surface area (Å²) in [5.41, 5.74) is 5.71. The highest BCUT2D eigenvalue weighted by atomic mass is 16.5. The number of rotatable bonds is 20. The molecule has 362 valence electrons. The van der Waals surface area contributed by atoms with E-state index in [9.17, 15) is 48.3 Å². The number of hydrogen-bond acceptors (Lipinski definition) is 10. The molecule has 1 saturated carbocycles. The molecule has 1 heterocycles. The molecule has 3 aliphatic rings. The number of likely N-dealkylation sites (tertiary alicyclic amines) is 1. The summed E-state index contributed by atoms with van der Waals surface area (Å²) in [7, 11) is 0. The summed E-state index contributed by atoms with van der Waals surface area (Å²) < 4.78 is 5.84. The lowest BCUT2D eigenvalue weighted by atomic mass is 9.83. The van der Waals surface area contributed by atoms with E-state index in [4.69, 9.17) is 10.5 Å². The zero-order valence-corrected chi connectivity index (χ0v) is 38.2. The minimum atomic E-state index is -1.38. The molecule has 1 saturated heterocycles. The van der Waals surface area contributed by atoms with E-state index < -0.39 is 83.7 Å². The molecule has 0 aromatic heterocycles. The van der Waals surface area contributed by atoms with Crippen molar-refractivity contribution in [3.63, 3.8) is 0 Å². The number of ketones is 1. The number of benzene rings is 3. The van der Waals surface area contributed by atoms with Gasteiger partial charge >= 0.3 is 5.97 Å². The number of carbonyl (C=O) groups excluding carboxylic acids is 8. The van der Waals surface area contributed by atoms with Crippen molar-refractivity contribution < 1.29 is 53.0 Å². The number of nitrogens with two attached hydrogens (primary N) is 1. The lowest BCUT2D eigenvalue weighted by Crippen LogP contribution is -2.58. The lowest BCUT2D eigenvalue weighted by Gasteiger charge is -2.35. The average molecular weight is 944 g/mol. The number of nitrogens with zero attached hydrogens (tertiary/aromatic N) is 1. The van der Waals surface area contributed by atoms with Crippen LogP contribution >= 0.6 is 0 Å². The van der Waals surface area contributed by atoms with Gasteiger partial charge in [-0.2, -0.15) is 0 Å². The molecular weight excluding hydrogens is 887 g/mol. The Morgan fingerprint density at radius 2 is 1.48 bits per heavy atom. The van der Waals surface area contributed by atoms with Gasteiger partial charge in [0.15, 0.2) is 0 Å². The van der Waals surface area contributed by atoms with E-state index in [0.717, 1.165) is 19.3 Å². The largest absolute Gasteiger partial charge is 0.478 e. The molecule has 4 atom stereocenters. The topological polar surface area (TPSA) is 272 Å². The van der Waals surface area contributed by atoms with Crippen molar-refractivity contribution in [3.8, 4) is 11.5 Å². The summed E-state index contributed by atoms with van der Waals surface area (Å²) in [4.78, 5) is 122. The summed E-state index contributed by atoms with van der Waals surface area (Å²) in [5.74, 6) is -7.56. The fourth-order valence-electron chi connectivity index (χ4n) is 8.73. The van der Waals surface area contributed by atoms with Crippen LogP contribution in [0, 0.1) is 11.8 Å². The van der Waals surface area contributed by atoms with E-state index in [0.29, 0.717) is 48.3 Å². The molecule has 18 nitrogen and oxygen atoms in total. The van der Waals surface area contributed by atoms with Crippen LogP contribution in [0.1, 0.15) is 95.8 Å². The van der Waals surface area contributed by atoms with Gasteiger partial charge in [0.25, 0.3) is 23.6 Å². The summed E-state index contributed by atoms with van der Waals surface area (Å²) in [6.45, 7) is 1.03. The van der Waals surface area contributed by atoms with Crippen LogP contribution < -0.4 is 37.1 Å². The Hall–Kier alpha value is -7.89. The molecular formula is C51H57N7O11. The maximum atomic E-state index is 14.9. The Kier molecular flexibility index (Phi) is 17.7. The summed E-state index contributed by atoms with van der Waals surface area (Å²) >= 11 is 0. The molecule has 0 radical (unpaired) electrons. The van der Waals surface area contributed by atoms with Crippen LogP contribution in [0.5, 0.6) is 11.5 Å². The molecule has 3 aromatic rings. The normalized spacial score (nSPS) is 18.2. The molecule has 0 spiro atoms. The smallest absolute Gasteiger partial charge is 0.336 e. The number of amides is 7. The number of allylic oxidation sites excluding steroid dienone is 5. The first-order valence-electron chi connectivity index (χ1n) is 23.1. The van der Waals surface area contributed by atoms with Crippen LogP contribution in [0.2, 0.25) is 0 Å². The zero-order chi connectivity index (χ0) is 49.5. The average Bonchev–Trinajstić information content (AvgIpc) is 3.80. The van der Waals surface area contributed by atoms with E-state index >= 15 is 0 Å². The third kappa shape index (κ3) is 13.6. The van der Waals surface area contributed by atoms with Crippen molar-refractivity contribution in [1.29, 1.82) is 0 Å². The third-order valence-corrected chi connectivity index (χ3v) is 12.3. The summed E-state index contributed by atoms with van der Waals surface area (Å²) in [6.07, 6.45) is 11.1. The number of carboxylic acid groups (broad SMARTS) is 1. The molecule has 2 fully saturated rings. The second kappa shape index (κ2) is 24.2. The maximum absolute atomic E-state index is 14.9. The van der Waals surface area contributed by atoms with E-state index in [-0.39, 0.29) is 48.7 Å². The van der Waals surface area contributed by atoms with Gasteiger partial charge in [0.05, 0.1) is 23.7 Å². The Balaban J connectivity index is 1.19. The molecule has 1 unspecified atom stereocenters. The summed E-state index contributed by atoms with van der Waals surface area (Å²) in [6, 6.07) is 17.5. The van der Waals surface area contributed by atoms with Crippen molar-refractivity contribution >= 4 is 53.1 Å². The van der Waals surface area contributed by atoms with Crippen molar-refractivity contribution in [3.05, 3.63) is 131 Å². The molecule has 18 heteroatoms. The van der Waals surface area contributed by atoms with Gasteiger partial charge in [-0.15, -0.1) is 0 Å². The van der Waals surface area contributed by atoms with Crippen LogP contribution in [0.4, 0.5) is 0 Å². The van der Waals surface area contributed by atoms with Crippen LogP contribution in [-0.4, -0.2) is 101 Å². The van der Waals surface area contributed by atoms with Crippen LogP contribution in [0.15, 0.2) is 114 Å². The fraction of sp³-hybridized carbons (Fsp3) is 0.353. The number of ether oxygens (including phenoxy) is 1. The minimum Gasteiger partial charge on any atom is -0.478 e. The highest BCUT2D eigenvalue weighted by Gasteiger charge is 2.45. The van der Waals surface area contributed by atoms with E-state index in [2.05, 4.69) is 26.6 Å². The SMILES string of the molecule is CCCC(NC(=O)[C@@H]1C[C@@H](CNC(=O)c2ccc(Oc3ccccc3)cc2)CN1C(=O)[C@@H](NC(=O)c1ccccc1C(=O)O)C1CCCCC1)C(=O)C(=O)NCC(=O)NC(C(N)=O)=C1C=CC=CC1. The summed E-state index contributed by atoms with van der Waals surface area (Å²) in [5, 5.41) is 22.9. The molecule has 69 heavy (non-hydrogen) atoms. The molecule has 6 rings (SSSR count). The Bertz CT molecular complexity index is 2520. The van der Waals surface area contributed by atoms with Crippen molar-refractivity contribution in [2.75, 3.05) is 19.6 Å². The predicted molar refractivity (Wildman–Crippen MR) is 252 cm³/mol. The second-order valence-electron chi connectivity index (χ2n) is 17.2. The zero-order valence-electron chi connectivity index (χ0n) is 38.2. The molecule has 8 N–H and O–H groups in total. The molecule has 7 amide bonds. The highest BCUT2D eigenvalue weighted by molar-refractivity contribution is 6.38. The monoisotopic (exact) mass is 943 g/mol. The standard InChI is InChI=1S/C51H57N7O11/c1-2-14-39(44(60)49(65)54-29-41(59)56-42(45(52)61)32-15-6-3-7-16-32)55-48(64)40-27-31(28-53-46(62)34-23-25-36(26-24-34)69-35-19-10-5-11-20-35)30-58(40)50(66)43(33-17-8-4-9-18-33)57-47(63)37-21-12-13-22-38(37)51(67)68/h3,5-7,10-13,15,19-26,31,33,39-40,43H,2,4,8-9,14,16-18,27-30H2,1H3,(H2,52,61)(H,53,62)(H,54,65)(H,55,64)(H,56,59)(H,57,63)(H,67,68)/t31-,39?,40-,43-/m0/s1. The van der Waals surface area contributed by atoms with Crippen LogP contribution in [0.3, 0.4) is 0 Å². The van der Waals surface area contributed by atoms with Crippen molar-refractivity contribution in [2.45, 2.75) is 82.8 Å². The Labute approximate surface area is 399 Å². The lowest BCUT2D eigenvalue weighted by molar-refractivity contribution is -0.143. The number of aromatic carboxylic acids is 1. The first-order valence-corrected chi connectivity index (χ1v) is 23.1. The second-order valence-corrected chi connectivity index (χ2v) is 17.2. The first-order chi connectivity index (χ1) is 33.2. The Morgan fingerprint density at radius 1 is 0.797 bits per heavy atom. The number of Topliss-reactive ketones (excluding diaryl/α,β-unsaturated/α-hetero) is 1. The van der Waals surface area contributed by atoms with E-state index in [1.54, 1.807) is 67.6 Å². The van der Waals surface area contributed by atoms with Crippen LogP contribution in [0.25, 0.3) is 0 Å². The quantitative estimate of drug-likeness (QED) is 0.0632. The molecule has 3 aromatic carbocycles. The van der Waals surface area contributed by atoms with Gasteiger partial charge in [-0.1, -0.05) is 87.2 Å². The van der Waals surface area contributed by atoms with Crippen LogP contribution in [-0.2, 0) is 28.8 Å². The number of nitrogens with one attached hydrogen (secondary N) is 5. The number of carbonyl (C=O) groups is 9. The van der Waals surface area contributed by atoms with Gasteiger partial charge in [0.1, 0.15) is 29.3 Å². The van der Waals surface area contributed by atoms with E-state index in [1.807, 2.05) is 18.2 Å². The third-order valence-electron chi connectivity index (χ3n) is 12.3. The van der Waals surface area contributed by atoms with Gasteiger partial charge in [-0.25, -0.2) is 4.79 Å². The number of hydrogen-bond donors (Lipinski definition) is 7. The molecule has 2 aliphatic carbocycles. The molecule has 1 aliphatic heterocycles. The number of primary amides is 1. The Morgan fingerprint density at radius 3 is 2.13 bits per heavy atom. The first kappa shape index (κ1) is 50.5. The minimum absolute atomic E-state index is 0.0149. The van der Waals surface area contributed by atoms with Crippen molar-refractivity contribution in [1.82, 2.24) is 31.5 Å². The molecule has 0 bridgehead atoms. The van der Waals surface area contributed by atoms with Gasteiger partial charge in [0, 0.05) is 18.7 Å². The van der Waals surface area contributed by atoms with Gasteiger partial charge in [0.2, 0.25) is 23.5 Å². The van der Waals surface area contributed by atoms with Gasteiger partial charge in [-0.3, -0.25) is 38.4 Å². The number of para-hydroxylation sites is 1. The maximum Gasteiger partial charge on any atom is 0.336 e. The van der Waals surface area contributed by atoms with Gasteiger partial charge < -0.3 is 47.1 Å². The number of carboxylic acids is 1. The predicted octanol–water partition coefficient (Wildman–Crippen LogP) is 3.84. The van der Waals surface area contributed by atoms with Crippen molar-refractivity contribution in [2.24, 2.45) is 17.6 Å².